The molecule has 0 aliphatic carbocycles. The number of benzene rings is 2. The van der Waals surface area contributed by atoms with E-state index in [1.54, 1.807) is 49.4 Å². The highest BCUT2D eigenvalue weighted by atomic mass is 16.4. The van der Waals surface area contributed by atoms with E-state index in [0.29, 0.717) is 27.8 Å². The molecule has 0 aliphatic rings. The van der Waals surface area contributed by atoms with Gasteiger partial charge in [0, 0.05) is 35.0 Å². The molecule has 0 aliphatic heterocycles. The molecule has 0 unspecified atom stereocenters. The van der Waals surface area contributed by atoms with Gasteiger partial charge < -0.3 is 14.8 Å². The lowest BCUT2D eigenvalue weighted by molar-refractivity contribution is -0.116. The number of aryl methyl sites for hydroxylation is 1. The number of hydrogen-bond acceptors (Lipinski definition) is 4. The number of carboxylic acids is 1. The van der Waals surface area contributed by atoms with E-state index in [1.165, 1.54) is 0 Å². The third-order valence-electron chi connectivity index (χ3n) is 4.09. The average Bonchev–Trinajstić information content (AvgIpc) is 2.97. The quantitative estimate of drug-likeness (QED) is 0.653. The number of ketones is 1. The Hall–Kier alpha value is -3.41. The van der Waals surface area contributed by atoms with Crippen LogP contribution in [0, 0.1) is 6.92 Å². The molecule has 132 valence electrons. The van der Waals surface area contributed by atoms with Gasteiger partial charge in [0.2, 0.25) is 11.7 Å². The number of amides is 1. The predicted molar refractivity (Wildman–Crippen MR) is 96.5 cm³/mol. The second-order valence-corrected chi connectivity index (χ2v) is 5.91. The summed E-state index contributed by atoms with van der Waals surface area (Å²) in [6.07, 6.45) is 0.183. The molecular weight excluding hydrogens is 334 g/mol. The number of rotatable bonds is 6. The van der Waals surface area contributed by atoms with Crippen LogP contribution in [-0.4, -0.2) is 22.8 Å². The van der Waals surface area contributed by atoms with Crippen molar-refractivity contribution in [2.24, 2.45) is 0 Å². The first-order valence-electron chi connectivity index (χ1n) is 8.10. The van der Waals surface area contributed by atoms with Crippen molar-refractivity contribution in [2.45, 2.75) is 19.8 Å². The van der Waals surface area contributed by atoms with E-state index < -0.39 is 5.97 Å². The number of anilines is 1. The Balaban J connectivity index is 1.66. The zero-order valence-electron chi connectivity index (χ0n) is 14.1. The monoisotopic (exact) mass is 351 g/mol. The lowest BCUT2D eigenvalue weighted by Crippen LogP contribution is -2.13. The number of furan rings is 1. The van der Waals surface area contributed by atoms with Crippen LogP contribution in [0.15, 0.2) is 52.9 Å². The van der Waals surface area contributed by atoms with E-state index in [2.05, 4.69) is 5.32 Å². The maximum atomic E-state index is 12.1. The van der Waals surface area contributed by atoms with Crippen molar-refractivity contribution >= 4 is 34.3 Å². The van der Waals surface area contributed by atoms with E-state index in [-0.39, 0.29) is 30.3 Å². The van der Waals surface area contributed by atoms with E-state index in [1.807, 2.05) is 6.07 Å². The minimum atomic E-state index is -1.14. The molecule has 1 amide bonds. The number of nitrogens with one attached hydrogen (secondary N) is 1. The number of hydrogen-bond donors (Lipinski definition) is 2. The first-order valence-corrected chi connectivity index (χ1v) is 8.10. The van der Waals surface area contributed by atoms with Gasteiger partial charge in [-0.05, 0) is 25.1 Å². The van der Waals surface area contributed by atoms with E-state index in [4.69, 9.17) is 9.52 Å². The van der Waals surface area contributed by atoms with Crippen LogP contribution < -0.4 is 5.32 Å². The van der Waals surface area contributed by atoms with Crippen molar-refractivity contribution in [3.05, 3.63) is 65.4 Å². The molecule has 3 aromatic rings. The van der Waals surface area contributed by atoms with Gasteiger partial charge in [0.15, 0.2) is 5.78 Å². The largest absolute Gasteiger partial charge is 0.475 e. The summed E-state index contributed by atoms with van der Waals surface area (Å²) >= 11 is 0. The number of fused-ring (bicyclic) bond motifs is 1. The van der Waals surface area contributed by atoms with E-state index in [9.17, 15) is 14.4 Å². The smallest absolute Gasteiger partial charge is 0.372 e. The molecule has 0 fully saturated rings. The minimum Gasteiger partial charge on any atom is -0.475 e. The molecule has 1 heterocycles. The lowest BCUT2D eigenvalue weighted by Gasteiger charge is -2.05. The van der Waals surface area contributed by atoms with Gasteiger partial charge in [-0.1, -0.05) is 30.3 Å². The molecule has 3 rings (SSSR count). The highest BCUT2D eigenvalue weighted by Crippen LogP contribution is 2.28. The van der Waals surface area contributed by atoms with Gasteiger partial charge in [0.05, 0.1) is 0 Å². The fraction of sp³-hybridized carbons (Fsp3) is 0.150. The lowest BCUT2D eigenvalue weighted by atomic mass is 10.1. The topological polar surface area (TPSA) is 96.6 Å². The summed E-state index contributed by atoms with van der Waals surface area (Å²) in [6, 6.07) is 13.7. The molecular formula is C20H17NO5. The number of carboxylic acid groups (broad SMARTS) is 1. The number of carbonyl (C=O) groups is 3. The van der Waals surface area contributed by atoms with E-state index >= 15 is 0 Å². The number of carbonyl (C=O) groups excluding carboxylic acids is 2. The number of Topliss-reactive ketones (excluding diaryl/α,β-unsaturated/α-hetero) is 1. The molecule has 0 radical (unpaired) electrons. The van der Waals surface area contributed by atoms with Crippen molar-refractivity contribution in [3.8, 4) is 0 Å². The summed E-state index contributed by atoms with van der Waals surface area (Å²) in [7, 11) is 0. The normalized spacial score (nSPS) is 10.7. The summed E-state index contributed by atoms with van der Waals surface area (Å²) in [5, 5.41) is 12.5. The molecule has 0 bridgehead atoms. The maximum Gasteiger partial charge on any atom is 0.372 e. The Morgan fingerprint density at radius 2 is 1.77 bits per heavy atom. The number of aromatic carboxylic acids is 1. The second kappa shape index (κ2) is 7.23. The molecule has 26 heavy (non-hydrogen) atoms. The molecule has 6 nitrogen and oxygen atoms in total. The Labute approximate surface area is 149 Å². The fourth-order valence-corrected chi connectivity index (χ4v) is 2.72. The average molecular weight is 351 g/mol. The van der Waals surface area contributed by atoms with Gasteiger partial charge in [-0.2, -0.15) is 0 Å². The fourth-order valence-electron chi connectivity index (χ4n) is 2.72. The van der Waals surface area contributed by atoms with Gasteiger partial charge in [-0.3, -0.25) is 9.59 Å². The van der Waals surface area contributed by atoms with Crippen molar-refractivity contribution < 1.29 is 23.9 Å². The Morgan fingerprint density at radius 3 is 2.46 bits per heavy atom. The zero-order valence-corrected chi connectivity index (χ0v) is 14.1. The molecule has 0 spiro atoms. The molecule has 2 aromatic carbocycles. The summed E-state index contributed by atoms with van der Waals surface area (Å²) in [5.41, 5.74) is 2.05. The Kier molecular flexibility index (Phi) is 4.84. The van der Waals surface area contributed by atoms with Crippen LogP contribution in [0.3, 0.4) is 0 Å². The first kappa shape index (κ1) is 17.4. The molecule has 0 saturated heterocycles. The van der Waals surface area contributed by atoms with Crippen molar-refractivity contribution in [1.82, 2.24) is 0 Å². The van der Waals surface area contributed by atoms with Gasteiger partial charge in [-0.15, -0.1) is 0 Å². The van der Waals surface area contributed by atoms with Crippen molar-refractivity contribution in [1.29, 1.82) is 0 Å². The van der Waals surface area contributed by atoms with Crippen LogP contribution in [0.2, 0.25) is 0 Å². The van der Waals surface area contributed by atoms with Crippen LogP contribution in [0.1, 0.15) is 39.3 Å². The maximum absolute atomic E-state index is 12.1. The Bertz CT molecular complexity index is 988. The summed E-state index contributed by atoms with van der Waals surface area (Å²) in [6.45, 7) is 1.65. The van der Waals surface area contributed by atoms with Crippen LogP contribution in [0.4, 0.5) is 5.69 Å². The third-order valence-corrected chi connectivity index (χ3v) is 4.09. The molecule has 0 atom stereocenters. The minimum absolute atomic E-state index is 0.0660. The SMILES string of the molecule is Cc1c(C(=O)O)oc2ccc(NC(=O)CCC(=O)c3ccccc3)cc12. The van der Waals surface area contributed by atoms with Gasteiger partial charge >= 0.3 is 5.97 Å². The van der Waals surface area contributed by atoms with Crippen molar-refractivity contribution in [2.75, 3.05) is 5.32 Å². The molecule has 6 heteroatoms. The summed E-state index contributed by atoms with van der Waals surface area (Å²) < 4.78 is 5.29. The van der Waals surface area contributed by atoms with Crippen LogP contribution >= 0.6 is 0 Å². The standard InChI is InChI=1S/C20H17NO5/c1-12-15-11-14(7-9-17(15)26-19(12)20(24)25)21-18(23)10-8-16(22)13-5-3-2-4-6-13/h2-7,9,11H,8,10H2,1H3,(H,21,23)(H,24,25). The van der Waals surface area contributed by atoms with Gasteiger partial charge in [0.25, 0.3) is 0 Å². The van der Waals surface area contributed by atoms with Crippen LogP contribution in [0.25, 0.3) is 11.0 Å². The molecule has 2 N–H and O–H groups in total. The summed E-state index contributed by atoms with van der Waals surface area (Å²) in [5.74, 6) is -1.62. The Morgan fingerprint density at radius 1 is 1.04 bits per heavy atom. The second-order valence-electron chi connectivity index (χ2n) is 5.91. The molecule has 1 aromatic heterocycles. The first-order chi connectivity index (χ1) is 12.5. The third kappa shape index (κ3) is 3.64. The van der Waals surface area contributed by atoms with Crippen LogP contribution in [-0.2, 0) is 4.79 Å². The van der Waals surface area contributed by atoms with Gasteiger partial charge in [-0.25, -0.2) is 4.79 Å². The van der Waals surface area contributed by atoms with E-state index in [0.717, 1.165) is 0 Å². The predicted octanol–water partition coefficient (Wildman–Crippen LogP) is 4.04. The van der Waals surface area contributed by atoms with Crippen molar-refractivity contribution in [3.63, 3.8) is 0 Å². The highest BCUT2D eigenvalue weighted by molar-refractivity contribution is 6.01. The summed E-state index contributed by atoms with van der Waals surface area (Å²) in [4.78, 5) is 35.3. The highest BCUT2D eigenvalue weighted by Gasteiger charge is 2.17. The molecule has 0 saturated carbocycles. The van der Waals surface area contributed by atoms with Gasteiger partial charge in [0.1, 0.15) is 5.58 Å². The van der Waals surface area contributed by atoms with Crippen LogP contribution in [0.5, 0.6) is 0 Å². The zero-order chi connectivity index (χ0) is 18.7.